The Morgan fingerprint density at radius 2 is 2.00 bits per heavy atom. The largest absolute Gasteiger partial charge is 0.495 e. The van der Waals surface area contributed by atoms with Crippen LogP contribution in [-0.4, -0.2) is 23.6 Å². The van der Waals surface area contributed by atoms with Crippen LogP contribution in [0.4, 0.5) is 17.3 Å². The molecule has 0 saturated heterocycles. The van der Waals surface area contributed by atoms with Crippen molar-refractivity contribution in [1.29, 1.82) is 0 Å². The Labute approximate surface area is 123 Å². The van der Waals surface area contributed by atoms with E-state index >= 15 is 0 Å². The van der Waals surface area contributed by atoms with E-state index in [1.807, 2.05) is 26.0 Å². The third-order valence-corrected chi connectivity index (χ3v) is 3.15. The molecule has 5 nitrogen and oxygen atoms in total. The van der Waals surface area contributed by atoms with Crippen LogP contribution in [0.2, 0.25) is 5.02 Å². The molecule has 0 aliphatic heterocycles. The van der Waals surface area contributed by atoms with Gasteiger partial charge in [0.1, 0.15) is 23.7 Å². The Balaban J connectivity index is 2.28. The molecular weight excluding hydrogens is 276 g/mol. The Bertz CT molecular complexity index is 604. The van der Waals surface area contributed by atoms with Crippen LogP contribution in [0.3, 0.4) is 0 Å². The van der Waals surface area contributed by atoms with E-state index in [4.69, 9.17) is 16.3 Å². The molecule has 20 heavy (non-hydrogen) atoms. The summed E-state index contributed by atoms with van der Waals surface area (Å²) in [6.45, 7) is 4.80. The molecule has 2 N–H and O–H groups in total. The van der Waals surface area contributed by atoms with Gasteiger partial charge in [0.05, 0.1) is 12.1 Å². The molecule has 0 spiro atoms. The van der Waals surface area contributed by atoms with E-state index in [2.05, 4.69) is 20.6 Å². The molecule has 2 aromatic rings. The van der Waals surface area contributed by atoms with Crippen LogP contribution >= 0.6 is 11.6 Å². The van der Waals surface area contributed by atoms with Crippen molar-refractivity contribution in [2.75, 3.05) is 24.3 Å². The molecule has 0 bridgehead atoms. The van der Waals surface area contributed by atoms with Crippen LogP contribution in [0, 0.1) is 6.92 Å². The van der Waals surface area contributed by atoms with Gasteiger partial charge >= 0.3 is 0 Å². The van der Waals surface area contributed by atoms with Crippen molar-refractivity contribution in [1.82, 2.24) is 9.97 Å². The number of rotatable bonds is 5. The predicted octanol–water partition coefficient (Wildman–Crippen LogP) is 3.62. The lowest BCUT2D eigenvalue weighted by Crippen LogP contribution is -2.05. The van der Waals surface area contributed by atoms with Gasteiger partial charge in [0.25, 0.3) is 0 Å². The second-order valence-electron chi connectivity index (χ2n) is 4.20. The molecule has 0 aliphatic carbocycles. The highest BCUT2D eigenvalue weighted by Gasteiger charge is 2.08. The molecule has 0 unspecified atom stereocenters. The van der Waals surface area contributed by atoms with E-state index in [0.717, 1.165) is 29.4 Å². The number of hydrogen-bond acceptors (Lipinski definition) is 5. The number of benzene rings is 1. The zero-order chi connectivity index (χ0) is 14.5. The number of anilines is 3. The minimum atomic E-state index is 0.575. The van der Waals surface area contributed by atoms with Gasteiger partial charge in [-0.25, -0.2) is 9.97 Å². The highest BCUT2D eigenvalue weighted by atomic mass is 35.5. The van der Waals surface area contributed by atoms with Gasteiger partial charge < -0.3 is 15.4 Å². The van der Waals surface area contributed by atoms with Gasteiger partial charge in [0.2, 0.25) is 0 Å². The Kier molecular flexibility index (Phi) is 4.63. The molecular formula is C14H17ClN4O. The van der Waals surface area contributed by atoms with Gasteiger partial charge in [-0.15, -0.1) is 0 Å². The average molecular weight is 293 g/mol. The predicted molar refractivity (Wildman–Crippen MR) is 82.2 cm³/mol. The van der Waals surface area contributed by atoms with Crippen molar-refractivity contribution in [3.05, 3.63) is 35.1 Å². The lowest BCUT2D eigenvalue weighted by atomic mass is 10.2. The van der Waals surface area contributed by atoms with Crippen LogP contribution in [0.15, 0.2) is 24.5 Å². The van der Waals surface area contributed by atoms with E-state index in [0.29, 0.717) is 10.8 Å². The standard InChI is InChI=1S/C14H17ClN4O/c1-4-16-13-9(2)14(18-8-17-13)19-10-5-6-11(15)12(7-10)20-3/h5-8H,4H2,1-3H3,(H2,16,17,18,19). The first-order valence-electron chi connectivity index (χ1n) is 6.31. The van der Waals surface area contributed by atoms with Crippen molar-refractivity contribution in [3.8, 4) is 5.75 Å². The lowest BCUT2D eigenvalue weighted by molar-refractivity contribution is 0.415. The summed E-state index contributed by atoms with van der Waals surface area (Å²) in [5.74, 6) is 2.20. The maximum atomic E-state index is 6.01. The fourth-order valence-electron chi connectivity index (χ4n) is 1.80. The molecule has 0 atom stereocenters. The SMILES string of the molecule is CCNc1ncnc(Nc2ccc(Cl)c(OC)c2)c1C. The summed E-state index contributed by atoms with van der Waals surface area (Å²) in [6, 6.07) is 5.49. The smallest absolute Gasteiger partial charge is 0.139 e. The van der Waals surface area contributed by atoms with E-state index in [9.17, 15) is 0 Å². The molecule has 6 heteroatoms. The van der Waals surface area contributed by atoms with E-state index in [-0.39, 0.29) is 0 Å². The molecule has 0 fully saturated rings. The van der Waals surface area contributed by atoms with Crippen LogP contribution in [-0.2, 0) is 0 Å². The number of nitrogens with one attached hydrogen (secondary N) is 2. The quantitative estimate of drug-likeness (QED) is 0.881. The van der Waals surface area contributed by atoms with Crippen molar-refractivity contribution in [2.45, 2.75) is 13.8 Å². The summed E-state index contributed by atoms with van der Waals surface area (Å²) >= 11 is 6.01. The number of aromatic nitrogens is 2. The third-order valence-electron chi connectivity index (χ3n) is 2.84. The zero-order valence-corrected chi connectivity index (χ0v) is 12.5. The summed E-state index contributed by atoms with van der Waals surface area (Å²) in [7, 11) is 1.59. The van der Waals surface area contributed by atoms with Crippen molar-refractivity contribution < 1.29 is 4.74 Å². The Morgan fingerprint density at radius 3 is 2.70 bits per heavy atom. The molecule has 1 aromatic carbocycles. The van der Waals surface area contributed by atoms with E-state index in [1.165, 1.54) is 6.33 Å². The normalized spacial score (nSPS) is 10.2. The maximum Gasteiger partial charge on any atom is 0.139 e. The monoisotopic (exact) mass is 292 g/mol. The molecule has 1 aromatic heterocycles. The fourth-order valence-corrected chi connectivity index (χ4v) is 1.99. The van der Waals surface area contributed by atoms with Gasteiger partial charge in [-0.3, -0.25) is 0 Å². The van der Waals surface area contributed by atoms with E-state index in [1.54, 1.807) is 13.2 Å². The van der Waals surface area contributed by atoms with Gasteiger partial charge in [0.15, 0.2) is 0 Å². The molecule has 0 aliphatic rings. The molecule has 0 saturated carbocycles. The summed E-state index contributed by atoms with van der Waals surface area (Å²) in [5, 5.41) is 7.01. The van der Waals surface area contributed by atoms with Crippen LogP contribution < -0.4 is 15.4 Å². The molecule has 2 rings (SSSR count). The van der Waals surface area contributed by atoms with Crippen molar-refractivity contribution in [2.24, 2.45) is 0 Å². The van der Waals surface area contributed by atoms with Crippen LogP contribution in [0.1, 0.15) is 12.5 Å². The van der Waals surface area contributed by atoms with Gasteiger partial charge in [0, 0.05) is 23.9 Å². The highest BCUT2D eigenvalue weighted by molar-refractivity contribution is 6.32. The van der Waals surface area contributed by atoms with Crippen molar-refractivity contribution in [3.63, 3.8) is 0 Å². The number of halogens is 1. The second kappa shape index (κ2) is 6.43. The molecule has 1 heterocycles. The van der Waals surface area contributed by atoms with Gasteiger partial charge in [-0.05, 0) is 26.0 Å². The van der Waals surface area contributed by atoms with Crippen LogP contribution in [0.5, 0.6) is 5.75 Å². The van der Waals surface area contributed by atoms with Crippen molar-refractivity contribution >= 4 is 28.9 Å². The first-order valence-corrected chi connectivity index (χ1v) is 6.69. The summed E-state index contributed by atoms with van der Waals surface area (Å²) < 4.78 is 5.20. The molecule has 0 amide bonds. The number of nitrogens with zero attached hydrogens (tertiary/aromatic N) is 2. The Hall–Kier alpha value is -2.01. The summed E-state index contributed by atoms with van der Waals surface area (Å²) in [4.78, 5) is 8.47. The summed E-state index contributed by atoms with van der Waals surface area (Å²) in [6.07, 6.45) is 1.53. The first kappa shape index (κ1) is 14.4. The number of ether oxygens (including phenoxy) is 1. The van der Waals surface area contributed by atoms with Gasteiger partial charge in [-0.1, -0.05) is 11.6 Å². The second-order valence-corrected chi connectivity index (χ2v) is 4.61. The van der Waals surface area contributed by atoms with Crippen LogP contribution in [0.25, 0.3) is 0 Å². The Morgan fingerprint density at radius 1 is 1.25 bits per heavy atom. The minimum Gasteiger partial charge on any atom is -0.495 e. The van der Waals surface area contributed by atoms with Gasteiger partial charge in [-0.2, -0.15) is 0 Å². The molecule has 0 radical (unpaired) electrons. The first-order chi connectivity index (χ1) is 9.65. The zero-order valence-electron chi connectivity index (χ0n) is 11.7. The van der Waals surface area contributed by atoms with E-state index < -0.39 is 0 Å². The average Bonchev–Trinajstić information content (AvgIpc) is 2.45. The number of methoxy groups -OCH3 is 1. The number of hydrogen-bond donors (Lipinski definition) is 2. The minimum absolute atomic E-state index is 0.575. The fraction of sp³-hybridized carbons (Fsp3) is 0.286. The lowest BCUT2D eigenvalue weighted by Gasteiger charge is -2.13. The summed E-state index contributed by atoms with van der Waals surface area (Å²) in [5.41, 5.74) is 1.82. The maximum absolute atomic E-state index is 6.01. The topological polar surface area (TPSA) is 59.1 Å². The third kappa shape index (κ3) is 3.11. The molecule has 106 valence electrons. The highest BCUT2D eigenvalue weighted by Crippen LogP contribution is 2.29.